The Labute approximate surface area is 118 Å². The van der Waals surface area contributed by atoms with Crippen LogP contribution in [0.4, 0.5) is 0 Å². The van der Waals surface area contributed by atoms with E-state index >= 15 is 0 Å². The molecule has 2 nitrogen and oxygen atoms in total. The molecule has 0 aliphatic heterocycles. The second-order valence-electron chi connectivity index (χ2n) is 4.84. The second kappa shape index (κ2) is 5.98. The quantitative estimate of drug-likeness (QED) is 0.778. The minimum atomic E-state index is 0.0726. The fourth-order valence-corrected chi connectivity index (χ4v) is 2.06. The molecule has 1 heterocycles. The molecular weight excluding hydrogens is 258 g/mol. The van der Waals surface area contributed by atoms with Gasteiger partial charge in [-0.2, -0.15) is 0 Å². The number of Topliss-reactive ketones (excluding diaryl/α,β-unsaturated/α-hetero) is 1. The number of ketones is 1. The number of nitrogens with zero attached hydrogens (tertiary/aromatic N) is 1. The molecule has 1 aromatic heterocycles. The lowest BCUT2D eigenvalue weighted by Crippen LogP contribution is -2.04. The van der Waals surface area contributed by atoms with Gasteiger partial charge in [-0.25, -0.2) is 0 Å². The molecule has 0 spiro atoms. The van der Waals surface area contributed by atoms with Crippen LogP contribution in [0.3, 0.4) is 0 Å². The zero-order valence-electron chi connectivity index (χ0n) is 11.1. The van der Waals surface area contributed by atoms with E-state index in [-0.39, 0.29) is 5.78 Å². The molecule has 0 radical (unpaired) electrons. The van der Waals surface area contributed by atoms with Crippen LogP contribution in [0.1, 0.15) is 41.3 Å². The van der Waals surface area contributed by atoms with Crippen LogP contribution in [-0.4, -0.2) is 10.8 Å². The number of benzene rings is 1. The maximum absolute atomic E-state index is 12.2. The van der Waals surface area contributed by atoms with Gasteiger partial charge in [0, 0.05) is 24.4 Å². The highest BCUT2D eigenvalue weighted by Gasteiger charge is 2.10. The molecule has 0 fully saturated rings. The SMILES string of the molecule is CC(C)c1ccc(C(=O)Cc2ccncc2Cl)cc1. The molecule has 19 heavy (non-hydrogen) atoms. The van der Waals surface area contributed by atoms with Crippen molar-refractivity contribution in [1.82, 2.24) is 4.98 Å². The van der Waals surface area contributed by atoms with Crippen molar-refractivity contribution in [2.24, 2.45) is 0 Å². The summed E-state index contributed by atoms with van der Waals surface area (Å²) >= 11 is 6.01. The highest BCUT2D eigenvalue weighted by atomic mass is 35.5. The van der Waals surface area contributed by atoms with Gasteiger partial charge in [0.15, 0.2) is 5.78 Å². The summed E-state index contributed by atoms with van der Waals surface area (Å²) in [5.74, 6) is 0.544. The van der Waals surface area contributed by atoms with Crippen LogP contribution in [-0.2, 0) is 6.42 Å². The van der Waals surface area contributed by atoms with E-state index in [1.807, 2.05) is 24.3 Å². The van der Waals surface area contributed by atoms with Crippen LogP contribution in [0, 0.1) is 0 Å². The summed E-state index contributed by atoms with van der Waals surface area (Å²) in [6, 6.07) is 9.56. The molecular formula is C16H16ClNO. The van der Waals surface area contributed by atoms with Crippen LogP contribution in [0.5, 0.6) is 0 Å². The van der Waals surface area contributed by atoms with E-state index in [9.17, 15) is 4.79 Å². The summed E-state index contributed by atoms with van der Waals surface area (Å²) in [5.41, 5.74) is 2.77. The molecule has 0 aliphatic carbocycles. The van der Waals surface area contributed by atoms with Gasteiger partial charge in [-0.15, -0.1) is 0 Å². The molecule has 3 heteroatoms. The van der Waals surface area contributed by atoms with Crippen LogP contribution in [0.15, 0.2) is 42.7 Å². The normalized spacial score (nSPS) is 10.7. The number of hydrogen-bond donors (Lipinski definition) is 0. The lowest BCUT2D eigenvalue weighted by atomic mass is 9.98. The van der Waals surface area contributed by atoms with E-state index in [2.05, 4.69) is 18.8 Å². The minimum absolute atomic E-state index is 0.0726. The molecule has 0 atom stereocenters. The summed E-state index contributed by atoms with van der Waals surface area (Å²) < 4.78 is 0. The molecule has 0 amide bonds. The molecule has 2 aromatic rings. The maximum Gasteiger partial charge on any atom is 0.167 e. The van der Waals surface area contributed by atoms with Crippen molar-refractivity contribution in [1.29, 1.82) is 0 Å². The number of aromatic nitrogens is 1. The molecule has 0 unspecified atom stereocenters. The Morgan fingerprint density at radius 3 is 2.47 bits per heavy atom. The average Bonchev–Trinajstić information content (AvgIpc) is 2.41. The molecule has 0 bridgehead atoms. The van der Waals surface area contributed by atoms with Crippen molar-refractivity contribution < 1.29 is 4.79 Å². The van der Waals surface area contributed by atoms with Gasteiger partial charge in [-0.3, -0.25) is 9.78 Å². The third-order valence-corrected chi connectivity index (χ3v) is 3.45. The first-order chi connectivity index (χ1) is 9.08. The third-order valence-electron chi connectivity index (χ3n) is 3.11. The van der Waals surface area contributed by atoms with E-state index in [1.165, 1.54) is 5.56 Å². The van der Waals surface area contributed by atoms with Gasteiger partial charge in [0.2, 0.25) is 0 Å². The summed E-state index contributed by atoms with van der Waals surface area (Å²) in [6.07, 6.45) is 3.52. The van der Waals surface area contributed by atoms with Gasteiger partial charge in [0.25, 0.3) is 0 Å². The molecule has 2 rings (SSSR count). The zero-order valence-corrected chi connectivity index (χ0v) is 11.8. The molecule has 0 N–H and O–H groups in total. The van der Waals surface area contributed by atoms with E-state index in [0.29, 0.717) is 17.4 Å². The van der Waals surface area contributed by atoms with Crippen LogP contribution >= 0.6 is 11.6 Å². The van der Waals surface area contributed by atoms with Gasteiger partial charge >= 0.3 is 0 Å². The van der Waals surface area contributed by atoms with Gasteiger partial charge in [-0.1, -0.05) is 49.7 Å². The fourth-order valence-electron chi connectivity index (χ4n) is 1.88. The van der Waals surface area contributed by atoms with Crippen LogP contribution in [0.25, 0.3) is 0 Å². The Kier molecular flexibility index (Phi) is 4.33. The third kappa shape index (κ3) is 3.42. The summed E-state index contributed by atoms with van der Waals surface area (Å²) in [6.45, 7) is 4.27. The van der Waals surface area contributed by atoms with Crippen LogP contribution in [0.2, 0.25) is 5.02 Å². The minimum Gasteiger partial charge on any atom is -0.294 e. The topological polar surface area (TPSA) is 30.0 Å². The zero-order chi connectivity index (χ0) is 13.8. The molecule has 0 aliphatic rings. The van der Waals surface area contributed by atoms with Crippen molar-refractivity contribution >= 4 is 17.4 Å². The van der Waals surface area contributed by atoms with Gasteiger partial charge < -0.3 is 0 Å². The van der Waals surface area contributed by atoms with E-state index in [1.54, 1.807) is 18.5 Å². The first kappa shape index (κ1) is 13.8. The highest BCUT2D eigenvalue weighted by molar-refractivity contribution is 6.31. The van der Waals surface area contributed by atoms with Crippen molar-refractivity contribution in [3.05, 3.63) is 64.4 Å². The summed E-state index contributed by atoms with van der Waals surface area (Å²) in [7, 11) is 0. The fraction of sp³-hybridized carbons (Fsp3) is 0.250. The largest absolute Gasteiger partial charge is 0.294 e. The second-order valence-corrected chi connectivity index (χ2v) is 5.25. The number of carbonyl (C=O) groups is 1. The highest BCUT2D eigenvalue weighted by Crippen LogP contribution is 2.18. The van der Waals surface area contributed by atoms with Crippen molar-refractivity contribution in [2.45, 2.75) is 26.2 Å². The lowest BCUT2D eigenvalue weighted by molar-refractivity contribution is 0.0993. The molecule has 0 saturated carbocycles. The lowest BCUT2D eigenvalue weighted by Gasteiger charge is -2.07. The van der Waals surface area contributed by atoms with Crippen molar-refractivity contribution in [3.63, 3.8) is 0 Å². The number of pyridine rings is 1. The predicted octanol–water partition coefficient (Wildman–Crippen LogP) is 4.28. The van der Waals surface area contributed by atoms with Gasteiger partial charge in [0.1, 0.15) is 0 Å². The summed E-state index contributed by atoms with van der Waals surface area (Å²) in [4.78, 5) is 16.1. The van der Waals surface area contributed by atoms with Crippen molar-refractivity contribution in [2.75, 3.05) is 0 Å². The number of halogens is 1. The number of hydrogen-bond acceptors (Lipinski definition) is 2. The molecule has 98 valence electrons. The Hall–Kier alpha value is -1.67. The number of carbonyl (C=O) groups excluding carboxylic acids is 1. The Morgan fingerprint density at radius 1 is 1.21 bits per heavy atom. The van der Waals surface area contributed by atoms with Crippen LogP contribution < -0.4 is 0 Å². The Bertz CT molecular complexity index is 576. The Morgan fingerprint density at radius 2 is 1.89 bits per heavy atom. The first-order valence-electron chi connectivity index (χ1n) is 6.29. The predicted molar refractivity (Wildman–Crippen MR) is 77.8 cm³/mol. The molecule has 1 aromatic carbocycles. The van der Waals surface area contributed by atoms with Crippen molar-refractivity contribution in [3.8, 4) is 0 Å². The van der Waals surface area contributed by atoms with Gasteiger partial charge in [0.05, 0.1) is 5.02 Å². The monoisotopic (exact) mass is 273 g/mol. The molecule has 0 saturated heterocycles. The van der Waals surface area contributed by atoms with Gasteiger partial charge in [-0.05, 0) is 23.1 Å². The first-order valence-corrected chi connectivity index (χ1v) is 6.67. The smallest absolute Gasteiger partial charge is 0.167 e. The standard InChI is InChI=1S/C16H16ClNO/c1-11(2)12-3-5-13(6-4-12)16(19)9-14-7-8-18-10-15(14)17/h3-8,10-11H,9H2,1-2H3. The average molecular weight is 274 g/mol. The van der Waals surface area contributed by atoms with E-state index < -0.39 is 0 Å². The summed E-state index contributed by atoms with van der Waals surface area (Å²) in [5, 5.41) is 0.537. The Balaban J connectivity index is 2.14. The van der Waals surface area contributed by atoms with E-state index in [0.717, 1.165) is 11.1 Å². The maximum atomic E-state index is 12.2. The van der Waals surface area contributed by atoms with E-state index in [4.69, 9.17) is 11.6 Å². The number of rotatable bonds is 4.